The Morgan fingerprint density at radius 1 is 1.15 bits per heavy atom. The highest BCUT2D eigenvalue weighted by atomic mass is 79.9. The van der Waals surface area contributed by atoms with E-state index in [4.69, 9.17) is 4.74 Å². The van der Waals surface area contributed by atoms with Crippen molar-refractivity contribution in [2.75, 3.05) is 7.05 Å². The van der Waals surface area contributed by atoms with Gasteiger partial charge < -0.3 is 9.64 Å². The molecule has 10 heteroatoms. The van der Waals surface area contributed by atoms with Gasteiger partial charge in [-0.1, -0.05) is 19.9 Å². The van der Waals surface area contributed by atoms with Gasteiger partial charge in [0.2, 0.25) is 0 Å². The molecular formula is C24H32BrF2N3O4. The Morgan fingerprint density at radius 3 is 2.21 bits per heavy atom. The maximum Gasteiger partial charge on any atom is 0.410 e. The smallest absolute Gasteiger partial charge is 0.410 e. The predicted molar refractivity (Wildman–Crippen MR) is 130 cm³/mol. The lowest BCUT2D eigenvalue weighted by Crippen LogP contribution is -2.49. The summed E-state index contributed by atoms with van der Waals surface area (Å²) in [4.78, 5) is 40.4. The summed E-state index contributed by atoms with van der Waals surface area (Å²) in [6.45, 7) is 10.2. The van der Waals surface area contributed by atoms with Gasteiger partial charge in [0.15, 0.2) is 0 Å². The topological polar surface area (TPSA) is 73.5 Å². The SMILES string of the molecule is Cc1c(Br)c(=O)n(C[C@@H](CC(C)C)N(C)C(=O)OC(C)(C)C)c(=O)n1Cc1c(F)cccc1F. The number of aromatic nitrogens is 2. The fraction of sp³-hybridized carbons (Fsp3) is 0.542. The lowest BCUT2D eigenvalue weighted by molar-refractivity contribution is 0.0185. The third kappa shape index (κ3) is 6.55. The van der Waals surface area contributed by atoms with Gasteiger partial charge in [0.1, 0.15) is 21.7 Å². The standard InChI is InChI=1S/C24H32BrF2N3O4/c1-14(2)11-16(28(7)23(33)34-24(4,5)6)12-30-21(31)20(25)15(3)29(22(30)32)13-17-18(26)9-8-10-19(17)27/h8-10,14,16H,11-13H2,1-7H3/t16-/m1/s1. The molecule has 2 rings (SSSR count). The molecule has 0 radical (unpaired) electrons. The van der Waals surface area contributed by atoms with Crippen LogP contribution in [0.4, 0.5) is 13.6 Å². The number of carbonyl (C=O) groups is 1. The Morgan fingerprint density at radius 2 is 1.71 bits per heavy atom. The van der Waals surface area contributed by atoms with E-state index in [1.807, 2.05) is 13.8 Å². The van der Waals surface area contributed by atoms with Crippen LogP contribution in [0.3, 0.4) is 0 Å². The van der Waals surface area contributed by atoms with Crippen LogP contribution in [0.2, 0.25) is 0 Å². The summed E-state index contributed by atoms with van der Waals surface area (Å²) in [6, 6.07) is 2.92. The molecule has 7 nitrogen and oxygen atoms in total. The van der Waals surface area contributed by atoms with E-state index in [2.05, 4.69) is 15.9 Å². The molecule has 0 aliphatic rings. The summed E-state index contributed by atoms with van der Waals surface area (Å²) < 4.78 is 36.2. The molecule has 1 heterocycles. The van der Waals surface area contributed by atoms with Crippen LogP contribution in [0.15, 0.2) is 32.3 Å². The number of amides is 1. The molecule has 0 spiro atoms. The number of rotatable bonds is 7. The van der Waals surface area contributed by atoms with Crippen LogP contribution in [0.1, 0.15) is 52.3 Å². The summed E-state index contributed by atoms with van der Waals surface area (Å²) >= 11 is 3.23. The van der Waals surface area contributed by atoms with Crippen molar-refractivity contribution in [3.8, 4) is 0 Å². The van der Waals surface area contributed by atoms with E-state index in [1.165, 1.54) is 17.9 Å². The number of likely N-dealkylation sites (N-methyl/N-ethyl adjacent to an activating group) is 1. The van der Waals surface area contributed by atoms with Crippen molar-refractivity contribution < 1.29 is 18.3 Å². The minimum Gasteiger partial charge on any atom is -0.444 e. The first-order valence-corrected chi connectivity index (χ1v) is 11.8. The van der Waals surface area contributed by atoms with E-state index in [1.54, 1.807) is 27.8 Å². The maximum atomic E-state index is 14.3. The van der Waals surface area contributed by atoms with Gasteiger partial charge in [-0.2, -0.15) is 0 Å². The van der Waals surface area contributed by atoms with Crippen molar-refractivity contribution in [1.82, 2.24) is 14.0 Å². The van der Waals surface area contributed by atoms with Crippen LogP contribution < -0.4 is 11.2 Å². The quantitative estimate of drug-likeness (QED) is 0.507. The number of carbonyl (C=O) groups excluding carboxylic acids is 1. The first kappa shape index (κ1) is 27.8. The van der Waals surface area contributed by atoms with Crippen molar-refractivity contribution in [3.05, 3.63) is 66.4 Å². The first-order valence-electron chi connectivity index (χ1n) is 11.0. The van der Waals surface area contributed by atoms with E-state index in [0.29, 0.717) is 6.42 Å². The van der Waals surface area contributed by atoms with E-state index in [9.17, 15) is 23.2 Å². The van der Waals surface area contributed by atoms with Gasteiger partial charge in [0.25, 0.3) is 5.56 Å². The van der Waals surface area contributed by atoms with Gasteiger partial charge in [0.05, 0.1) is 19.1 Å². The number of hydrogen-bond donors (Lipinski definition) is 0. The largest absolute Gasteiger partial charge is 0.444 e. The van der Waals surface area contributed by atoms with Crippen molar-refractivity contribution in [2.24, 2.45) is 5.92 Å². The molecule has 34 heavy (non-hydrogen) atoms. The monoisotopic (exact) mass is 543 g/mol. The molecule has 0 N–H and O–H groups in total. The van der Waals surface area contributed by atoms with Crippen molar-refractivity contribution in [1.29, 1.82) is 0 Å². The molecular weight excluding hydrogens is 512 g/mol. The number of hydrogen-bond acceptors (Lipinski definition) is 4. The van der Waals surface area contributed by atoms with Gasteiger partial charge in [-0.25, -0.2) is 18.4 Å². The van der Waals surface area contributed by atoms with Gasteiger partial charge in [-0.05, 0) is 68.1 Å². The molecule has 1 atom stereocenters. The van der Waals surface area contributed by atoms with E-state index in [-0.39, 0.29) is 28.2 Å². The fourth-order valence-corrected chi connectivity index (χ4v) is 3.98. The second-order valence-electron chi connectivity index (χ2n) is 9.76. The van der Waals surface area contributed by atoms with Gasteiger partial charge in [-0.15, -0.1) is 0 Å². The molecule has 0 aliphatic carbocycles. The van der Waals surface area contributed by atoms with Crippen LogP contribution in [0, 0.1) is 24.5 Å². The first-order chi connectivity index (χ1) is 15.6. The highest BCUT2D eigenvalue weighted by Gasteiger charge is 2.28. The molecule has 1 aromatic heterocycles. The Hall–Kier alpha value is -2.49. The normalized spacial score (nSPS) is 12.7. The van der Waals surface area contributed by atoms with Crippen LogP contribution in [-0.4, -0.2) is 38.8 Å². The second kappa shape index (κ2) is 10.8. The Bertz CT molecular complexity index is 1150. The second-order valence-corrected chi connectivity index (χ2v) is 10.6. The molecule has 188 valence electrons. The van der Waals surface area contributed by atoms with Gasteiger partial charge in [-0.3, -0.25) is 13.9 Å². The summed E-state index contributed by atoms with van der Waals surface area (Å²) in [6.07, 6.45) is -0.0826. The Labute approximate surface area is 206 Å². The lowest BCUT2D eigenvalue weighted by Gasteiger charge is -2.32. The molecule has 0 fully saturated rings. The minimum atomic E-state index is -0.789. The third-order valence-corrected chi connectivity index (χ3v) is 6.27. The van der Waals surface area contributed by atoms with E-state index < -0.39 is 47.2 Å². The third-order valence-electron chi connectivity index (χ3n) is 5.36. The zero-order chi connectivity index (χ0) is 26.0. The van der Waals surface area contributed by atoms with Crippen LogP contribution in [0.25, 0.3) is 0 Å². The molecule has 0 saturated carbocycles. The number of ether oxygens (including phenoxy) is 1. The van der Waals surface area contributed by atoms with Crippen molar-refractivity contribution in [3.63, 3.8) is 0 Å². The number of nitrogens with zero attached hydrogens (tertiary/aromatic N) is 3. The number of benzene rings is 1. The molecule has 0 aliphatic heterocycles. The lowest BCUT2D eigenvalue weighted by atomic mass is 10.0. The molecule has 2 aromatic rings. The van der Waals surface area contributed by atoms with Crippen molar-refractivity contribution in [2.45, 2.75) is 72.7 Å². The maximum absolute atomic E-state index is 14.3. The zero-order valence-corrected chi connectivity index (χ0v) is 22.2. The molecule has 0 bridgehead atoms. The van der Waals surface area contributed by atoms with E-state index in [0.717, 1.165) is 21.3 Å². The Kier molecular flexibility index (Phi) is 8.85. The van der Waals surface area contributed by atoms with Gasteiger partial charge >= 0.3 is 11.8 Å². The summed E-state index contributed by atoms with van der Waals surface area (Å²) in [5.74, 6) is -1.43. The highest BCUT2D eigenvalue weighted by molar-refractivity contribution is 9.10. The Balaban J connectivity index is 2.55. The predicted octanol–water partition coefficient (Wildman–Crippen LogP) is 4.69. The zero-order valence-electron chi connectivity index (χ0n) is 20.6. The van der Waals surface area contributed by atoms with Crippen molar-refractivity contribution >= 4 is 22.0 Å². The molecule has 0 saturated heterocycles. The van der Waals surface area contributed by atoms with E-state index >= 15 is 0 Å². The van der Waals surface area contributed by atoms with Gasteiger partial charge in [0, 0.05) is 18.3 Å². The number of halogens is 3. The molecule has 0 unspecified atom stereocenters. The fourth-order valence-electron chi connectivity index (χ4n) is 3.55. The summed E-state index contributed by atoms with van der Waals surface area (Å²) in [5.41, 5.74) is -2.06. The summed E-state index contributed by atoms with van der Waals surface area (Å²) in [5, 5.41) is 0. The average Bonchev–Trinajstić information content (AvgIpc) is 2.71. The molecule has 1 amide bonds. The van der Waals surface area contributed by atoms with Crippen LogP contribution in [0.5, 0.6) is 0 Å². The highest BCUT2D eigenvalue weighted by Crippen LogP contribution is 2.18. The van der Waals surface area contributed by atoms with Crippen LogP contribution >= 0.6 is 15.9 Å². The molecule has 1 aromatic carbocycles. The average molecular weight is 544 g/mol. The summed E-state index contributed by atoms with van der Waals surface area (Å²) in [7, 11) is 1.56. The van der Waals surface area contributed by atoms with Crippen LogP contribution in [-0.2, 0) is 17.8 Å². The minimum absolute atomic E-state index is 0.104.